The summed E-state index contributed by atoms with van der Waals surface area (Å²) in [5, 5.41) is 2.79. The van der Waals surface area contributed by atoms with E-state index in [0.29, 0.717) is 13.1 Å². The Hall–Kier alpha value is -1.76. The zero-order chi connectivity index (χ0) is 15.6. The summed E-state index contributed by atoms with van der Waals surface area (Å²) in [6.07, 6.45) is -3.67. The molecule has 1 fully saturated rings. The van der Waals surface area contributed by atoms with Gasteiger partial charge in [-0.25, -0.2) is 0 Å². The maximum atomic E-state index is 13.0. The first-order chi connectivity index (χ1) is 9.75. The lowest BCUT2D eigenvalue weighted by Crippen LogP contribution is -2.35. The molecule has 1 aromatic carbocycles. The Morgan fingerprint density at radius 3 is 2.81 bits per heavy atom. The van der Waals surface area contributed by atoms with Crippen LogP contribution in [0.1, 0.15) is 24.5 Å². The van der Waals surface area contributed by atoms with Crippen LogP contribution in [0.3, 0.4) is 0 Å². The molecule has 0 aromatic heterocycles. The fourth-order valence-corrected chi connectivity index (χ4v) is 2.62. The van der Waals surface area contributed by atoms with E-state index in [0.717, 1.165) is 12.5 Å². The maximum Gasteiger partial charge on any atom is 0.416 e. The smallest absolute Gasteiger partial charge is 0.399 e. The van der Waals surface area contributed by atoms with Crippen molar-refractivity contribution in [2.24, 2.45) is 0 Å². The first-order valence-corrected chi connectivity index (χ1v) is 6.71. The summed E-state index contributed by atoms with van der Waals surface area (Å²) in [6.45, 7) is 2.85. The predicted molar refractivity (Wildman–Crippen MR) is 73.4 cm³/mol. The van der Waals surface area contributed by atoms with Crippen LogP contribution in [0.25, 0.3) is 0 Å². The quantitative estimate of drug-likeness (QED) is 0.840. The molecule has 0 radical (unpaired) electrons. The molecular weight excluding hydrogens is 283 g/mol. The Balaban J connectivity index is 2.09. The molecule has 1 saturated heterocycles. The lowest BCUT2D eigenvalue weighted by Gasteiger charge is -2.20. The summed E-state index contributed by atoms with van der Waals surface area (Å²) in [6, 6.07) is 3.87. The van der Waals surface area contributed by atoms with Crippen LogP contribution < -0.4 is 11.1 Å². The molecule has 1 amide bonds. The van der Waals surface area contributed by atoms with Crippen molar-refractivity contribution in [1.29, 1.82) is 0 Å². The number of rotatable bonds is 3. The molecule has 2 rings (SSSR count). The highest BCUT2D eigenvalue weighted by molar-refractivity contribution is 5.73. The molecule has 7 heteroatoms. The standard InChI is InChI=1S/C14H18F3N3O/c1-9(21)19-12-4-5-20(8-12)7-10-2-3-11(18)6-13(10)14(15,16)17/h2-3,6,12H,4-5,7-8,18H2,1H3,(H,19,21). The Morgan fingerprint density at radius 1 is 1.48 bits per heavy atom. The second-order valence-electron chi connectivity index (χ2n) is 5.34. The van der Waals surface area contributed by atoms with E-state index in [1.807, 2.05) is 4.90 Å². The molecule has 1 heterocycles. The molecule has 1 aliphatic heterocycles. The lowest BCUT2D eigenvalue weighted by atomic mass is 10.1. The second kappa shape index (κ2) is 5.93. The molecule has 0 aliphatic carbocycles. The number of hydrogen-bond acceptors (Lipinski definition) is 3. The van der Waals surface area contributed by atoms with Crippen molar-refractivity contribution < 1.29 is 18.0 Å². The van der Waals surface area contributed by atoms with Gasteiger partial charge in [-0.3, -0.25) is 9.69 Å². The van der Waals surface area contributed by atoms with Crippen molar-refractivity contribution >= 4 is 11.6 Å². The minimum Gasteiger partial charge on any atom is -0.399 e. The summed E-state index contributed by atoms with van der Waals surface area (Å²) >= 11 is 0. The van der Waals surface area contributed by atoms with E-state index in [4.69, 9.17) is 5.73 Å². The summed E-state index contributed by atoms with van der Waals surface area (Å²) in [5.41, 5.74) is 5.07. The van der Waals surface area contributed by atoms with Gasteiger partial charge in [-0.1, -0.05) is 6.07 Å². The normalized spacial score (nSPS) is 19.7. The van der Waals surface area contributed by atoms with Crippen molar-refractivity contribution in [3.8, 4) is 0 Å². The monoisotopic (exact) mass is 301 g/mol. The molecule has 1 aliphatic rings. The van der Waals surface area contributed by atoms with Gasteiger partial charge < -0.3 is 11.1 Å². The van der Waals surface area contributed by atoms with Gasteiger partial charge in [0, 0.05) is 38.3 Å². The molecule has 1 unspecified atom stereocenters. The van der Waals surface area contributed by atoms with E-state index in [-0.39, 0.29) is 29.7 Å². The largest absolute Gasteiger partial charge is 0.416 e. The van der Waals surface area contributed by atoms with Gasteiger partial charge in [0.25, 0.3) is 0 Å². The van der Waals surface area contributed by atoms with Crippen molar-refractivity contribution in [1.82, 2.24) is 10.2 Å². The van der Waals surface area contributed by atoms with Crippen LogP contribution in [0.4, 0.5) is 18.9 Å². The van der Waals surface area contributed by atoms with E-state index in [9.17, 15) is 18.0 Å². The number of carbonyl (C=O) groups is 1. The number of alkyl halides is 3. The summed E-state index contributed by atoms with van der Waals surface area (Å²) in [5.74, 6) is -0.120. The van der Waals surface area contributed by atoms with E-state index in [2.05, 4.69) is 5.32 Å². The summed E-state index contributed by atoms with van der Waals surface area (Å²) in [7, 11) is 0. The van der Waals surface area contributed by atoms with Gasteiger partial charge in [-0.15, -0.1) is 0 Å². The Morgan fingerprint density at radius 2 is 2.19 bits per heavy atom. The van der Waals surface area contributed by atoms with Gasteiger partial charge in [-0.2, -0.15) is 13.2 Å². The average molecular weight is 301 g/mol. The third-order valence-corrected chi connectivity index (χ3v) is 3.51. The first-order valence-electron chi connectivity index (χ1n) is 6.71. The highest BCUT2D eigenvalue weighted by Crippen LogP contribution is 2.34. The fraction of sp³-hybridized carbons (Fsp3) is 0.500. The van der Waals surface area contributed by atoms with Crippen molar-refractivity contribution in [2.45, 2.75) is 32.1 Å². The Labute approximate surface area is 121 Å². The van der Waals surface area contributed by atoms with Crippen LogP contribution in [0, 0.1) is 0 Å². The Bertz CT molecular complexity index is 531. The molecule has 4 nitrogen and oxygen atoms in total. The number of carbonyl (C=O) groups excluding carboxylic acids is 1. The molecular formula is C14H18F3N3O. The van der Waals surface area contributed by atoms with Gasteiger partial charge >= 0.3 is 6.18 Å². The average Bonchev–Trinajstić information content (AvgIpc) is 2.76. The first kappa shape index (κ1) is 15.6. The van der Waals surface area contributed by atoms with Crippen LogP contribution in [0.2, 0.25) is 0 Å². The fourth-order valence-electron chi connectivity index (χ4n) is 2.62. The number of likely N-dealkylation sites (tertiary alicyclic amines) is 1. The van der Waals surface area contributed by atoms with Crippen molar-refractivity contribution in [3.05, 3.63) is 29.3 Å². The SMILES string of the molecule is CC(=O)NC1CCN(Cc2ccc(N)cc2C(F)(F)F)C1. The number of nitrogens with two attached hydrogens (primary N) is 1. The number of hydrogen-bond donors (Lipinski definition) is 2. The second-order valence-corrected chi connectivity index (χ2v) is 5.34. The molecule has 1 aromatic rings. The topological polar surface area (TPSA) is 58.4 Å². The zero-order valence-corrected chi connectivity index (χ0v) is 11.7. The van der Waals surface area contributed by atoms with Gasteiger partial charge in [-0.05, 0) is 24.1 Å². The molecule has 116 valence electrons. The van der Waals surface area contributed by atoms with E-state index in [1.54, 1.807) is 0 Å². The molecule has 3 N–H and O–H groups in total. The van der Waals surface area contributed by atoms with Crippen LogP contribution in [-0.4, -0.2) is 29.9 Å². The highest BCUT2D eigenvalue weighted by atomic mass is 19.4. The molecule has 1 atom stereocenters. The van der Waals surface area contributed by atoms with Gasteiger partial charge in [0.05, 0.1) is 5.56 Å². The maximum absolute atomic E-state index is 13.0. The number of anilines is 1. The molecule has 0 bridgehead atoms. The molecule has 21 heavy (non-hydrogen) atoms. The number of amides is 1. The van der Waals surface area contributed by atoms with Gasteiger partial charge in [0.2, 0.25) is 5.91 Å². The molecule has 0 spiro atoms. The number of benzene rings is 1. The van der Waals surface area contributed by atoms with Crippen molar-refractivity contribution in [2.75, 3.05) is 18.8 Å². The third kappa shape index (κ3) is 4.10. The molecule has 0 saturated carbocycles. The summed E-state index contributed by atoms with van der Waals surface area (Å²) < 4.78 is 39.1. The minimum absolute atomic E-state index is 0.00520. The van der Waals surface area contributed by atoms with Crippen LogP contribution in [0.5, 0.6) is 0 Å². The Kier molecular flexibility index (Phi) is 4.41. The van der Waals surface area contributed by atoms with E-state index < -0.39 is 11.7 Å². The van der Waals surface area contributed by atoms with E-state index >= 15 is 0 Å². The van der Waals surface area contributed by atoms with Crippen LogP contribution in [0.15, 0.2) is 18.2 Å². The lowest BCUT2D eigenvalue weighted by molar-refractivity contribution is -0.138. The van der Waals surface area contributed by atoms with Crippen molar-refractivity contribution in [3.63, 3.8) is 0 Å². The number of nitrogens with zero attached hydrogens (tertiary/aromatic N) is 1. The van der Waals surface area contributed by atoms with Crippen LogP contribution in [-0.2, 0) is 17.5 Å². The van der Waals surface area contributed by atoms with E-state index in [1.165, 1.54) is 19.1 Å². The zero-order valence-electron chi connectivity index (χ0n) is 11.7. The highest BCUT2D eigenvalue weighted by Gasteiger charge is 2.34. The third-order valence-electron chi connectivity index (χ3n) is 3.51. The predicted octanol–water partition coefficient (Wildman–Crippen LogP) is 2.00. The number of nitrogen functional groups attached to an aromatic ring is 1. The van der Waals surface area contributed by atoms with Gasteiger partial charge in [0.1, 0.15) is 0 Å². The summed E-state index contributed by atoms with van der Waals surface area (Å²) in [4.78, 5) is 12.9. The number of halogens is 3. The minimum atomic E-state index is -4.42. The van der Waals surface area contributed by atoms with Crippen LogP contribution >= 0.6 is 0 Å². The van der Waals surface area contributed by atoms with Gasteiger partial charge in [0.15, 0.2) is 0 Å². The number of nitrogens with one attached hydrogen (secondary N) is 1.